The number of ketones is 1. The number of aromatic nitrogens is 1. The number of rotatable bonds is 3. The molecule has 1 N–H and O–H groups in total. The van der Waals surface area contributed by atoms with E-state index in [-0.39, 0.29) is 17.3 Å². The minimum absolute atomic E-state index is 0.0476. The van der Waals surface area contributed by atoms with Crippen LogP contribution in [0.25, 0.3) is 0 Å². The van der Waals surface area contributed by atoms with Crippen LogP contribution in [-0.2, 0) is 16.4 Å². The highest BCUT2D eigenvalue weighted by molar-refractivity contribution is 7.74. The number of carbonyl (C=O) groups excluding carboxylic acids is 2. The molecule has 2 amide bonds. The molecule has 1 atom stereocenters. The zero-order valence-corrected chi connectivity index (χ0v) is 20.2. The Labute approximate surface area is 202 Å². The van der Waals surface area contributed by atoms with Gasteiger partial charge in [-0.2, -0.15) is 4.36 Å². The van der Waals surface area contributed by atoms with Gasteiger partial charge in [0.1, 0.15) is 0 Å². The van der Waals surface area contributed by atoms with E-state index >= 15 is 0 Å². The average molecular weight is 476 g/mol. The zero-order valence-electron chi connectivity index (χ0n) is 19.3. The average Bonchev–Trinajstić information content (AvgIpc) is 2.78. The number of carboxylic acid groups (broad SMARTS) is 1. The Hall–Kier alpha value is -3.83. The predicted octanol–water partition coefficient (Wildman–Crippen LogP) is 4.56. The second-order valence-corrected chi connectivity index (χ2v) is 9.53. The van der Waals surface area contributed by atoms with Crippen LogP contribution in [0, 0.1) is 17.8 Å². The Kier molecular flexibility index (Phi) is 7.59. The van der Waals surface area contributed by atoms with Gasteiger partial charge in [-0.25, -0.2) is 4.79 Å². The van der Waals surface area contributed by atoms with Crippen molar-refractivity contribution in [3.05, 3.63) is 82.5 Å². The summed E-state index contributed by atoms with van der Waals surface area (Å²) in [5, 5.41) is 9.61. The van der Waals surface area contributed by atoms with Gasteiger partial charge in [0.2, 0.25) is 0 Å². The molecule has 0 aliphatic heterocycles. The molecule has 1 aromatic heterocycles. The number of Topliss-reactive ketones (excluding diaryl/α,β-unsaturated/α-hetero) is 1. The summed E-state index contributed by atoms with van der Waals surface area (Å²) >= 11 is 0.297. The molecule has 8 heteroatoms. The van der Waals surface area contributed by atoms with E-state index in [1.807, 2.05) is 20.8 Å². The minimum Gasteiger partial charge on any atom is -0.465 e. The van der Waals surface area contributed by atoms with Gasteiger partial charge in [0.25, 0.3) is 5.91 Å². The maximum Gasteiger partial charge on any atom is 0.412 e. The molecule has 1 heterocycles. The van der Waals surface area contributed by atoms with E-state index < -0.39 is 17.5 Å². The number of allylic oxidation sites excluding steroid dienone is 4. The van der Waals surface area contributed by atoms with Crippen molar-refractivity contribution in [3.8, 4) is 11.8 Å². The summed E-state index contributed by atoms with van der Waals surface area (Å²) in [4.78, 5) is 42.2. The van der Waals surface area contributed by atoms with Gasteiger partial charge < -0.3 is 5.11 Å². The van der Waals surface area contributed by atoms with Crippen molar-refractivity contribution in [3.63, 3.8) is 0 Å². The minimum atomic E-state index is -1.05. The molecule has 0 bridgehead atoms. The van der Waals surface area contributed by atoms with Gasteiger partial charge in [-0.3, -0.25) is 19.5 Å². The van der Waals surface area contributed by atoms with E-state index in [4.69, 9.17) is 0 Å². The molecule has 0 unspecified atom stereocenters. The Bertz CT molecular complexity index is 1290. The summed E-state index contributed by atoms with van der Waals surface area (Å²) < 4.78 is 3.99. The molecule has 174 valence electrons. The standard InChI is InChI=1S/C26H25N3O4S/c1-17-7-5-10-22(23(17)30)34-28-24(31)20-13-19(15-27-16-20)12-11-18-8-6-9-21(14-18)29(25(32)33)26(2,3)4/h5-10,13-17,34H,1-4H3,(H,32,33)/t17-/m0/s1. The molecule has 0 radical (unpaired) electrons. The summed E-state index contributed by atoms with van der Waals surface area (Å²) in [5.74, 6) is 5.20. The van der Waals surface area contributed by atoms with E-state index in [0.717, 1.165) is 0 Å². The number of amides is 2. The zero-order chi connectivity index (χ0) is 24.9. The lowest BCUT2D eigenvalue weighted by Crippen LogP contribution is -2.45. The highest BCUT2D eigenvalue weighted by Gasteiger charge is 2.27. The van der Waals surface area contributed by atoms with Crippen molar-refractivity contribution in [2.45, 2.75) is 33.2 Å². The maximum absolute atomic E-state index is 12.5. The van der Waals surface area contributed by atoms with Gasteiger partial charge >= 0.3 is 6.09 Å². The largest absolute Gasteiger partial charge is 0.465 e. The van der Waals surface area contributed by atoms with Crippen LogP contribution in [0.2, 0.25) is 0 Å². The molecular formula is C26H25N3O4S. The Morgan fingerprint density at radius 3 is 2.59 bits per heavy atom. The number of carbonyl (C=O) groups is 3. The fourth-order valence-corrected chi connectivity index (χ4v) is 4.00. The van der Waals surface area contributed by atoms with E-state index in [2.05, 4.69) is 21.2 Å². The first kappa shape index (κ1) is 24.8. The van der Waals surface area contributed by atoms with Crippen LogP contribution >= 0.6 is 0 Å². The Morgan fingerprint density at radius 2 is 1.88 bits per heavy atom. The second kappa shape index (κ2) is 10.4. The lowest BCUT2D eigenvalue weighted by molar-refractivity contribution is -0.116. The summed E-state index contributed by atoms with van der Waals surface area (Å²) in [6, 6.07) is 8.53. The van der Waals surface area contributed by atoms with Crippen molar-refractivity contribution in [1.29, 1.82) is 0 Å². The molecule has 0 saturated carbocycles. The van der Waals surface area contributed by atoms with Crippen molar-refractivity contribution in [1.82, 2.24) is 4.98 Å². The maximum atomic E-state index is 12.5. The van der Waals surface area contributed by atoms with Crippen LogP contribution in [-0.4, -0.2) is 33.4 Å². The number of pyridine rings is 1. The first-order chi connectivity index (χ1) is 16.1. The monoisotopic (exact) mass is 475 g/mol. The first-order valence-electron chi connectivity index (χ1n) is 10.6. The predicted molar refractivity (Wildman–Crippen MR) is 134 cm³/mol. The third kappa shape index (κ3) is 6.15. The quantitative estimate of drug-likeness (QED) is 0.501. The Morgan fingerprint density at radius 1 is 1.15 bits per heavy atom. The smallest absolute Gasteiger partial charge is 0.412 e. The lowest BCUT2D eigenvalue weighted by atomic mass is 10.0. The van der Waals surface area contributed by atoms with Crippen molar-refractivity contribution >= 4 is 35.0 Å². The third-order valence-electron chi connectivity index (χ3n) is 4.87. The van der Waals surface area contributed by atoms with E-state index in [0.29, 0.717) is 33.3 Å². The van der Waals surface area contributed by atoms with E-state index in [9.17, 15) is 19.5 Å². The first-order valence-corrected chi connectivity index (χ1v) is 11.4. The molecule has 1 aromatic carbocycles. The topological polar surface area (TPSA) is 99.9 Å². The summed E-state index contributed by atoms with van der Waals surface area (Å²) in [5.41, 5.74) is 1.30. The lowest BCUT2D eigenvalue weighted by Gasteiger charge is -2.33. The fraction of sp³-hybridized carbons (Fsp3) is 0.231. The van der Waals surface area contributed by atoms with Crippen LogP contribution in [0.15, 0.2) is 70.2 Å². The molecule has 0 fully saturated rings. The van der Waals surface area contributed by atoms with E-state index in [1.165, 1.54) is 17.3 Å². The number of hydrogen-bond acceptors (Lipinski definition) is 4. The van der Waals surface area contributed by atoms with Gasteiger partial charge in [-0.15, -0.1) is 0 Å². The number of hydrogen-bond donors (Lipinski definition) is 2. The van der Waals surface area contributed by atoms with Crippen LogP contribution in [0.5, 0.6) is 0 Å². The second-order valence-electron chi connectivity index (χ2n) is 8.65. The molecule has 0 spiro atoms. The number of benzene rings is 1. The fourth-order valence-electron chi connectivity index (χ4n) is 3.23. The van der Waals surface area contributed by atoms with Gasteiger partial charge in [-0.1, -0.05) is 48.5 Å². The highest BCUT2D eigenvalue weighted by Crippen LogP contribution is 2.24. The third-order valence-corrected chi connectivity index (χ3v) is 5.74. The number of anilines is 1. The van der Waals surface area contributed by atoms with Gasteiger partial charge in [-0.05, 0) is 51.1 Å². The number of thiol groups is 1. The molecule has 2 aromatic rings. The number of nitrogens with zero attached hydrogens (tertiary/aromatic N) is 3. The molecule has 34 heavy (non-hydrogen) atoms. The Balaban J connectivity index is 1.80. The molecular weight excluding hydrogens is 450 g/mol. The van der Waals surface area contributed by atoms with Crippen molar-refractivity contribution in [2.75, 3.05) is 4.90 Å². The van der Waals surface area contributed by atoms with Crippen LogP contribution < -0.4 is 4.90 Å². The molecule has 3 rings (SSSR count). The van der Waals surface area contributed by atoms with E-state index in [1.54, 1.807) is 55.5 Å². The van der Waals surface area contributed by atoms with Crippen molar-refractivity contribution in [2.24, 2.45) is 10.3 Å². The van der Waals surface area contributed by atoms with Gasteiger partial charge in [0.05, 0.1) is 10.5 Å². The van der Waals surface area contributed by atoms with Gasteiger partial charge in [0, 0.05) is 40.7 Å². The highest BCUT2D eigenvalue weighted by atomic mass is 32.1. The normalized spacial score (nSPS) is 15.7. The summed E-state index contributed by atoms with van der Waals surface area (Å²) in [7, 11) is 0. The summed E-state index contributed by atoms with van der Waals surface area (Å²) in [6.07, 6.45) is 7.14. The van der Waals surface area contributed by atoms with Gasteiger partial charge in [0.15, 0.2) is 5.78 Å². The summed E-state index contributed by atoms with van der Waals surface area (Å²) in [6.45, 7) is 7.25. The van der Waals surface area contributed by atoms with Crippen LogP contribution in [0.4, 0.5) is 10.5 Å². The van der Waals surface area contributed by atoms with Crippen LogP contribution in [0.3, 0.4) is 0 Å². The molecule has 0 saturated heterocycles. The molecule has 1 aliphatic carbocycles. The molecule has 7 nitrogen and oxygen atoms in total. The van der Waals surface area contributed by atoms with Crippen LogP contribution in [0.1, 0.15) is 49.2 Å². The van der Waals surface area contributed by atoms with Crippen molar-refractivity contribution < 1.29 is 19.5 Å². The SMILES string of the molecule is C[C@H]1C=CC=C(/[SH]=N/C(=O)c2cncc(C#Cc3cccc(N(C(=O)O)C(C)(C)C)c3)c2)C1=O. The molecule has 1 aliphatic rings.